The SMILES string of the molecule is C=C.C=C/C=C(C=C(C)C)/C(=C/C)c1ccccc1C.CC.CCCC(C)C(C)(C)CC. The predicted octanol–water partition coefficient (Wildman–Crippen LogP) is 11.2. The van der Waals surface area contributed by atoms with E-state index in [4.69, 9.17) is 0 Å². The van der Waals surface area contributed by atoms with Crippen molar-refractivity contribution in [3.8, 4) is 0 Å². The molecule has 0 fully saturated rings. The standard InChI is InChI=1S/C18H22.C10H22.C2H6.C2H4/c1-6-10-16(13-14(3)4)17(7-2)18-12-9-8-11-15(18)5;1-6-8-9(3)10(4,5)7-2;2*1-2/h6-13H,1H2,2-5H3;9H,6-8H2,1-5H3;1-2H3;1-2H2/b16-10+,17-7-;;;. The Bertz CT molecular complexity index is 691. The van der Waals surface area contributed by atoms with Crippen molar-refractivity contribution in [1.29, 1.82) is 0 Å². The lowest BCUT2D eigenvalue weighted by molar-refractivity contribution is 0.208. The van der Waals surface area contributed by atoms with Gasteiger partial charge in [0.1, 0.15) is 0 Å². The molecule has 182 valence electrons. The molecule has 1 aromatic carbocycles. The van der Waals surface area contributed by atoms with Crippen LogP contribution in [0, 0.1) is 18.3 Å². The van der Waals surface area contributed by atoms with Crippen LogP contribution in [0.5, 0.6) is 0 Å². The van der Waals surface area contributed by atoms with Crippen molar-refractivity contribution in [3.63, 3.8) is 0 Å². The molecule has 0 saturated carbocycles. The van der Waals surface area contributed by atoms with Gasteiger partial charge in [-0.05, 0) is 61.3 Å². The smallest absolute Gasteiger partial charge is 0.0152 e. The maximum Gasteiger partial charge on any atom is -0.0152 e. The summed E-state index contributed by atoms with van der Waals surface area (Å²) in [6.45, 7) is 33.9. The van der Waals surface area contributed by atoms with Crippen LogP contribution in [0.4, 0.5) is 0 Å². The molecular weight excluding hydrogens is 384 g/mol. The molecule has 0 heteroatoms. The van der Waals surface area contributed by atoms with E-state index >= 15 is 0 Å². The number of hydrogen-bond acceptors (Lipinski definition) is 0. The summed E-state index contributed by atoms with van der Waals surface area (Å²) in [4.78, 5) is 0. The number of aryl methyl sites for hydroxylation is 1. The van der Waals surface area contributed by atoms with E-state index < -0.39 is 0 Å². The molecule has 0 nitrogen and oxygen atoms in total. The molecule has 0 N–H and O–H groups in total. The van der Waals surface area contributed by atoms with E-state index in [1.165, 1.54) is 47.1 Å². The van der Waals surface area contributed by atoms with Crippen LogP contribution in [0.3, 0.4) is 0 Å². The first-order valence-electron chi connectivity index (χ1n) is 12.3. The Kier molecular flexibility index (Phi) is 22.4. The highest BCUT2D eigenvalue weighted by atomic mass is 14.3. The summed E-state index contributed by atoms with van der Waals surface area (Å²) in [5.74, 6) is 0.877. The molecule has 0 aromatic heterocycles. The molecule has 0 aliphatic rings. The van der Waals surface area contributed by atoms with Gasteiger partial charge >= 0.3 is 0 Å². The van der Waals surface area contributed by atoms with Gasteiger partial charge < -0.3 is 0 Å². The number of benzene rings is 1. The zero-order valence-electron chi connectivity index (χ0n) is 23.4. The van der Waals surface area contributed by atoms with Crippen LogP contribution in [0.2, 0.25) is 0 Å². The van der Waals surface area contributed by atoms with Gasteiger partial charge in [0, 0.05) is 0 Å². The lowest BCUT2D eigenvalue weighted by Crippen LogP contribution is -2.20. The van der Waals surface area contributed by atoms with Gasteiger partial charge in [0.05, 0.1) is 0 Å². The molecular formula is C32H54. The second-order valence-corrected chi connectivity index (χ2v) is 8.63. The molecule has 0 radical (unpaired) electrons. The second kappa shape index (κ2) is 20.8. The normalized spacial score (nSPS) is 12.0. The molecule has 0 aliphatic heterocycles. The van der Waals surface area contributed by atoms with E-state index in [9.17, 15) is 0 Å². The fraction of sp³-hybridized carbons (Fsp3) is 0.500. The fourth-order valence-corrected chi connectivity index (χ4v) is 3.18. The first-order valence-corrected chi connectivity index (χ1v) is 12.3. The molecule has 0 amide bonds. The average Bonchev–Trinajstić information content (AvgIpc) is 2.78. The van der Waals surface area contributed by atoms with E-state index in [2.05, 4.69) is 125 Å². The van der Waals surface area contributed by atoms with Gasteiger partial charge in [-0.15, -0.1) is 13.2 Å². The third-order valence-electron chi connectivity index (χ3n) is 5.74. The third kappa shape index (κ3) is 14.1. The molecule has 1 rings (SSSR count). The highest BCUT2D eigenvalue weighted by Gasteiger charge is 2.22. The number of rotatable bonds is 8. The van der Waals surface area contributed by atoms with E-state index in [1.807, 2.05) is 19.9 Å². The topological polar surface area (TPSA) is 0 Å². The van der Waals surface area contributed by atoms with Gasteiger partial charge in [0.2, 0.25) is 0 Å². The minimum Gasteiger partial charge on any atom is -0.106 e. The van der Waals surface area contributed by atoms with Crippen LogP contribution in [0.15, 0.2) is 79.5 Å². The quantitative estimate of drug-likeness (QED) is 0.279. The average molecular weight is 439 g/mol. The Morgan fingerprint density at radius 2 is 1.59 bits per heavy atom. The fourth-order valence-electron chi connectivity index (χ4n) is 3.18. The van der Waals surface area contributed by atoms with Crippen LogP contribution < -0.4 is 0 Å². The van der Waals surface area contributed by atoms with E-state index in [-0.39, 0.29) is 0 Å². The molecule has 1 unspecified atom stereocenters. The summed E-state index contributed by atoms with van der Waals surface area (Å²) in [6.07, 6.45) is 12.3. The van der Waals surface area contributed by atoms with Gasteiger partial charge in [0.15, 0.2) is 0 Å². The minimum absolute atomic E-state index is 0.552. The predicted molar refractivity (Wildman–Crippen MR) is 153 cm³/mol. The third-order valence-corrected chi connectivity index (χ3v) is 5.74. The zero-order chi connectivity index (χ0) is 25.7. The molecule has 0 heterocycles. The van der Waals surface area contributed by atoms with Crippen molar-refractivity contribution < 1.29 is 0 Å². The van der Waals surface area contributed by atoms with Crippen molar-refractivity contribution in [3.05, 3.63) is 90.6 Å². The van der Waals surface area contributed by atoms with Crippen LogP contribution in [0.25, 0.3) is 5.57 Å². The van der Waals surface area contributed by atoms with Gasteiger partial charge in [-0.1, -0.05) is 128 Å². The summed E-state index contributed by atoms with van der Waals surface area (Å²) in [5, 5.41) is 0. The van der Waals surface area contributed by atoms with Crippen LogP contribution in [-0.4, -0.2) is 0 Å². The molecule has 32 heavy (non-hydrogen) atoms. The summed E-state index contributed by atoms with van der Waals surface area (Å²) in [5.41, 5.74) is 6.89. The first-order chi connectivity index (χ1) is 15.1. The molecule has 1 aromatic rings. The second-order valence-electron chi connectivity index (χ2n) is 8.63. The number of hydrogen-bond donors (Lipinski definition) is 0. The van der Waals surface area contributed by atoms with Gasteiger partial charge in [-0.3, -0.25) is 0 Å². The summed E-state index contributed by atoms with van der Waals surface area (Å²) < 4.78 is 0. The molecule has 0 aliphatic carbocycles. The Balaban J connectivity index is -0.000000511. The van der Waals surface area contributed by atoms with Gasteiger partial charge in [-0.2, -0.15) is 0 Å². The number of allylic oxidation sites excluding steroid dienone is 7. The molecule has 1 atom stereocenters. The first kappa shape index (κ1) is 34.5. The maximum absolute atomic E-state index is 3.81. The van der Waals surface area contributed by atoms with Crippen molar-refractivity contribution in [2.45, 2.75) is 95.4 Å². The monoisotopic (exact) mass is 438 g/mol. The van der Waals surface area contributed by atoms with Gasteiger partial charge in [0.25, 0.3) is 0 Å². The van der Waals surface area contributed by atoms with E-state index in [0.29, 0.717) is 5.41 Å². The van der Waals surface area contributed by atoms with Crippen LogP contribution in [-0.2, 0) is 0 Å². The Morgan fingerprint density at radius 3 is 1.97 bits per heavy atom. The Hall–Kier alpha value is -2.08. The van der Waals surface area contributed by atoms with Gasteiger partial charge in [-0.25, -0.2) is 0 Å². The molecule has 0 spiro atoms. The lowest BCUT2D eigenvalue weighted by Gasteiger charge is -2.30. The maximum atomic E-state index is 3.81. The summed E-state index contributed by atoms with van der Waals surface area (Å²) in [6, 6.07) is 8.47. The van der Waals surface area contributed by atoms with E-state index in [0.717, 1.165) is 5.92 Å². The molecule has 0 saturated heterocycles. The van der Waals surface area contributed by atoms with Crippen LogP contribution in [0.1, 0.15) is 99.6 Å². The van der Waals surface area contributed by atoms with Crippen LogP contribution >= 0.6 is 0 Å². The van der Waals surface area contributed by atoms with Crippen molar-refractivity contribution in [1.82, 2.24) is 0 Å². The lowest BCUT2D eigenvalue weighted by atomic mass is 9.76. The summed E-state index contributed by atoms with van der Waals surface area (Å²) in [7, 11) is 0. The minimum atomic E-state index is 0.552. The highest BCUT2D eigenvalue weighted by Crippen LogP contribution is 2.32. The molecule has 0 bridgehead atoms. The van der Waals surface area contributed by atoms with E-state index in [1.54, 1.807) is 0 Å². The van der Waals surface area contributed by atoms with Crippen molar-refractivity contribution >= 4 is 5.57 Å². The highest BCUT2D eigenvalue weighted by molar-refractivity contribution is 5.83. The van der Waals surface area contributed by atoms with Crippen molar-refractivity contribution in [2.24, 2.45) is 11.3 Å². The Morgan fingerprint density at radius 1 is 1.06 bits per heavy atom. The summed E-state index contributed by atoms with van der Waals surface area (Å²) >= 11 is 0. The zero-order valence-corrected chi connectivity index (χ0v) is 23.4. The van der Waals surface area contributed by atoms with Crippen molar-refractivity contribution in [2.75, 3.05) is 0 Å². The largest absolute Gasteiger partial charge is 0.106 e. The Labute approximate surface area is 202 Å².